The van der Waals surface area contributed by atoms with E-state index in [9.17, 15) is 10.1 Å². The molecule has 0 aliphatic carbocycles. The molecule has 2 rings (SSSR count). The van der Waals surface area contributed by atoms with Crippen molar-refractivity contribution < 1.29 is 4.92 Å². The zero-order chi connectivity index (χ0) is 14.5. The fourth-order valence-electron chi connectivity index (χ4n) is 1.41. The molecule has 1 heterocycles. The van der Waals surface area contributed by atoms with Crippen molar-refractivity contribution in [1.82, 2.24) is 4.98 Å². The molecule has 2 aromatic rings. The van der Waals surface area contributed by atoms with Gasteiger partial charge >= 0.3 is 0 Å². The highest BCUT2D eigenvalue weighted by molar-refractivity contribution is 7.80. The highest BCUT2D eigenvalue weighted by atomic mass is 35.5. The van der Waals surface area contributed by atoms with Gasteiger partial charge in [-0.25, -0.2) is 4.98 Å². The van der Waals surface area contributed by atoms with Crippen LogP contribution in [0, 0.1) is 10.1 Å². The van der Waals surface area contributed by atoms with Crippen LogP contribution in [0.4, 0.5) is 17.2 Å². The van der Waals surface area contributed by atoms with Gasteiger partial charge in [0, 0.05) is 16.8 Å². The van der Waals surface area contributed by atoms with E-state index < -0.39 is 4.92 Å². The number of nitrogens with one attached hydrogen (secondary N) is 2. The smallest absolute Gasteiger partial charge is 0.287 e. The molecule has 20 heavy (non-hydrogen) atoms. The average molecular weight is 309 g/mol. The Morgan fingerprint density at radius 3 is 2.70 bits per heavy atom. The summed E-state index contributed by atoms with van der Waals surface area (Å²) in [6, 6.07) is 9.89. The van der Waals surface area contributed by atoms with Crippen LogP contribution in [-0.4, -0.2) is 15.0 Å². The Kier molecular flexibility index (Phi) is 4.44. The lowest BCUT2D eigenvalue weighted by molar-refractivity contribution is -0.385. The van der Waals surface area contributed by atoms with Gasteiger partial charge in [0.2, 0.25) is 0 Å². The Labute approximate surface area is 124 Å². The first-order valence-electron chi connectivity index (χ1n) is 5.48. The van der Waals surface area contributed by atoms with Crippen LogP contribution in [-0.2, 0) is 0 Å². The summed E-state index contributed by atoms with van der Waals surface area (Å²) in [5, 5.41) is 17.2. The second-order valence-electron chi connectivity index (χ2n) is 3.75. The third-order valence-corrected chi connectivity index (χ3v) is 2.72. The Morgan fingerprint density at radius 1 is 1.30 bits per heavy atom. The number of hydrogen-bond acceptors (Lipinski definition) is 4. The maximum Gasteiger partial charge on any atom is 0.287 e. The summed E-state index contributed by atoms with van der Waals surface area (Å²) in [4.78, 5) is 13.9. The number of nitro groups is 1. The first-order valence-corrected chi connectivity index (χ1v) is 6.27. The van der Waals surface area contributed by atoms with Crippen LogP contribution < -0.4 is 10.6 Å². The second kappa shape index (κ2) is 6.27. The van der Waals surface area contributed by atoms with E-state index in [2.05, 4.69) is 15.6 Å². The van der Waals surface area contributed by atoms with E-state index >= 15 is 0 Å². The molecule has 0 unspecified atom stereocenters. The molecule has 0 amide bonds. The fraction of sp³-hybridized carbons (Fsp3) is 0. The summed E-state index contributed by atoms with van der Waals surface area (Å²) in [6.07, 6.45) is 1.16. The first kappa shape index (κ1) is 14.2. The molecular weight excluding hydrogens is 300 g/mol. The first-order chi connectivity index (χ1) is 9.54. The summed E-state index contributed by atoms with van der Waals surface area (Å²) in [5.74, 6) is 0.412. The van der Waals surface area contributed by atoms with E-state index in [0.29, 0.717) is 16.0 Å². The third-order valence-electron chi connectivity index (χ3n) is 2.28. The quantitative estimate of drug-likeness (QED) is 0.513. The molecule has 0 aliphatic rings. The standard InChI is InChI=1S/C12H9ClN4O2S/c13-8-2-1-3-9(6-8)15-12(20)16-11-5-4-10(7-14-11)17(18)19/h1-7H,(H2,14,15,16,20). The summed E-state index contributed by atoms with van der Waals surface area (Å²) in [5.41, 5.74) is 0.654. The lowest BCUT2D eigenvalue weighted by atomic mass is 10.3. The minimum atomic E-state index is -0.515. The van der Waals surface area contributed by atoms with Crippen LogP contribution in [0.15, 0.2) is 42.6 Å². The van der Waals surface area contributed by atoms with Crippen LogP contribution in [0.25, 0.3) is 0 Å². The molecule has 8 heteroatoms. The number of rotatable bonds is 3. The van der Waals surface area contributed by atoms with Gasteiger partial charge in [0.15, 0.2) is 5.11 Å². The van der Waals surface area contributed by atoms with Crippen molar-refractivity contribution in [3.8, 4) is 0 Å². The maximum absolute atomic E-state index is 10.5. The van der Waals surface area contributed by atoms with Crippen LogP contribution in [0.2, 0.25) is 5.02 Å². The number of pyridine rings is 1. The topological polar surface area (TPSA) is 80.1 Å². The molecule has 0 fully saturated rings. The van der Waals surface area contributed by atoms with Crippen LogP contribution >= 0.6 is 23.8 Å². The Morgan fingerprint density at radius 2 is 2.10 bits per heavy atom. The van der Waals surface area contributed by atoms with E-state index in [0.717, 1.165) is 11.9 Å². The number of anilines is 2. The van der Waals surface area contributed by atoms with Gasteiger partial charge in [-0.3, -0.25) is 10.1 Å². The van der Waals surface area contributed by atoms with Gasteiger partial charge in [0.05, 0.1) is 4.92 Å². The van der Waals surface area contributed by atoms with Gasteiger partial charge in [-0.15, -0.1) is 0 Å². The largest absolute Gasteiger partial charge is 0.332 e. The van der Waals surface area contributed by atoms with Gasteiger partial charge in [0.1, 0.15) is 12.0 Å². The van der Waals surface area contributed by atoms with Crippen LogP contribution in [0.1, 0.15) is 0 Å². The van der Waals surface area contributed by atoms with Crippen LogP contribution in [0.3, 0.4) is 0 Å². The second-order valence-corrected chi connectivity index (χ2v) is 4.59. The van der Waals surface area contributed by atoms with E-state index in [1.165, 1.54) is 12.1 Å². The van der Waals surface area contributed by atoms with Crippen molar-refractivity contribution in [2.75, 3.05) is 10.6 Å². The fourth-order valence-corrected chi connectivity index (χ4v) is 1.83. The molecule has 0 spiro atoms. The van der Waals surface area contributed by atoms with Crippen molar-refractivity contribution in [2.45, 2.75) is 0 Å². The maximum atomic E-state index is 10.5. The molecule has 2 N–H and O–H groups in total. The molecule has 1 aromatic heterocycles. The normalized spacial score (nSPS) is 9.85. The van der Waals surface area contributed by atoms with Crippen molar-refractivity contribution in [2.24, 2.45) is 0 Å². The summed E-state index contributed by atoms with van der Waals surface area (Å²) >= 11 is 11.0. The molecule has 0 saturated heterocycles. The summed E-state index contributed by atoms with van der Waals surface area (Å²) in [6.45, 7) is 0. The van der Waals surface area contributed by atoms with E-state index in [-0.39, 0.29) is 5.69 Å². The van der Waals surface area contributed by atoms with E-state index in [1.807, 2.05) is 6.07 Å². The summed E-state index contributed by atoms with van der Waals surface area (Å²) < 4.78 is 0. The van der Waals surface area contributed by atoms with Gasteiger partial charge in [-0.05, 0) is 36.5 Å². The molecule has 6 nitrogen and oxygen atoms in total. The Balaban J connectivity index is 1.99. The van der Waals surface area contributed by atoms with Gasteiger partial charge < -0.3 is 10.6 Å². The predicted molar refractivity (Wildman–Crippen MR) is 82.2 cm³/mol. The lowest BCUT2D eigenvalue weighted by Crippen LogP contribution is -2.19. The SMILES string of the molecule is O=[N+]([O-])c1ccc(NC(=S)Nc2cccc(Cl)c2)nc1. The molecular formula is C12H9ClN4O2S. The minimum absolute atomic E-state index is 0.0794. The third kappa shape index (κ3) is 3.87. The number of nitrogens with zero attached hydrogens (tertiary/aromatic N) is 2. The highest BCUT2D eigenvalue weighted by Crippen LogP contribution is 2.16. The highest BCUT2D eigenvalue weighted by Gasteiger charge is 2.06. The number of benzene rings is 1. The Hall–Kier alpha value is -2.25. The minimum Gasteiger partial charge on any atom is -0.332 e. The molecule has 0 radical (unpaired) electrons. The van der Waals surface area contributed by atoms with Gasteiger partial charge in [-0.1, -0.05) is 17.7 Å². The average Bonchev–Trinajstić information content (AvgIpc) is 2.39. The molecule has 102 valence electrons. The van der Waals surface area contributed by atoms with E-state index in [1.54, 1.807) is 18.2 Å². The number of thiocarbonyl (C=S) groups is 1. The van der Waals surface area contributed by atoms with Crippen molar-refractivity contribution in [1.29, 1.82) is 0 Å². The van der Waals surface area contributed by atoms with Crippen LogP contribution in [0.5, 0.6) is 0 Å². The number of aromatic nitrogens is 1. The van der Waals surface area contributed by atoms with Gasteiger partial charge in [0.25, 0.3) is 5.69 Å². The molecule has 1 aromatic carbocycles. The lowest BCUT2D eigenvalue weighted by Gasteiger charge is -2.09. The summed E-state index contributed by atoms with van der Waals surface area (Å²) in [7, 11) is 0. The Bertz CT molecular complexity index is 648. The molecule has 0 atom stereocenters. The zero-order valence-electron chi connectivity index (χ0n) is 10.0. The van der Waals surface area contributed by atoms with Gasteiger partial charge in [-0.2, -0.15) is 0 Å². The van der Waals surface area contributed by atoms with Crippen molar-refractivity contribution >= 4 is 46.1 Å². The molecule has 0 saturated carbocycles. The van der Waals surface area contributed by atoms with E-state index in [4.69, 9.17) is 23.8 Å². The molecule has 0 aliphatic heterocycles. The zero-order valence-corrected chi connectivity index (χ0v) is 11.6. The number of hydrogen-bond donors (Lipinski definition) is 2. The van der Waals surface area contributed by atoms with Crippen molar-refractivity contribution in [3.63, 3.8) is 0 Å². The van der Waals surface area contributed by atoms with Crippen molar-refractivity contribution in [3.05, 3.63) is 57.7 Å². The monoisotopic (exact) mass is 308 g/mol. The number of halogens is 1. The molecule has 0 bridgehead atoms. The predicted octanol–water partition coefficient (Wildman–Crippen LogP) is 3.45.